The molecule has 6 heteroatoms. The molecule has 0 aliphatic carbocycles. The topological polar surface area (TPSA) is 46.6 Å². The van der Waals surface area contributed by atoms with Gasteiger partial charge in [0, 0.05) is 20.0 Å². The maximum atomic E-state index is 12.2. The maximum absolute atomic E-state index is 12.2. The summed E-state index contributed by atoms with van der Waals surface area (Å²) < 4.78 is 4.53. The van der Waals surface area contributed by atoms with Crippen LogP contribution in [0, 0.1) is 0 Å². The second kappa shape index (κ2) is 7.36. The summed E-state index contributed by atoms with van der Waals surface area (Å²) in [6.45, 7) is 0.426. The molecule has 4 nitrogen and oxygen atoms in total. The Balaban J connectivity index is 2.64. The standard InChI is InChI=1S/C13H15Cl2NO3/c1-16(8-4-7-11(17)19-2)13(18)12-9(14)5-3-6-10(12)15/h3,5-6H,4,7-8H2,1-2H3. The van der Waals surface area contributed by atoms with E-state index in [4.69, 9.17) is 23.2 Å². The number of nitrogens with zero attached hydrogens (tertiary/aromatic N) is 1. The zero-order valence-corrected chi connectivity index (χ0v) is 12.3. The molecular weight excluding hydrogens is 289 g/mol. The highest BCUT2D eigenvalue weighted by Crippen LogP contribution is 2.25. The molecule has 0 unspecified atom stereocenters. The second-order valence-corrected chi connectivity index (χ2v) is 4.82. The van der Waals surface area contributed by atoms with Crippen LogP contribution in [-0.2, 0) is 9.53 Å². The van der Waals surface area contributed by atoms with Crippen LogP contribution in [-0.4, -0.2) is 37.5 Å². The van der Waals surface area contributed by atoms with E-state index in [1.807, 2.05) is 0 Å². The number of amides is 1. The molecule has 0 saturated carbocycles. The number of carbonyl (C=O) groups is 2. The fourth-order valence-electron chi connectivity index (χ4n) is 1.56. The van der Waals surface area contributed by atoms with Crippen LogP contribution >= 0.6 is 23.2 Å². The molecule has 0 aromatic heterocycles. The molecule has 0 fully saturated rings. The molecule has 1 aromatic carbocycles. The fraction of sp³-hybridized carbons (Fsp3) is 0.385. The van der Waals surface area contributed by atoms with E-state index < -0.39 is 0 Å². The first kappa shape index (κ1) is 15.8. The molecule has 0 aliphatic rings. The number of esters is 1. The molecule has 1 amide bonds. The van der Waals surface area contributed by atoms with Gasteiger partial charge >= 0.3 is 5.97 Å². The van der Waals surface area contributed by atoms with Gasteiger partial charge in [-0.3, -0.25) is 9.59 Å². The van der Waals surface area contributed by atoms with Crippen molar-refractivity contribution in [3.8, 4) is 0 Å². The molecule has 0 saturated heterocycles. The number of rotatable bonds is 5. The van der Waals surface area contributed by atoms with E-state index in [0.29, 0.717) is 23.0 Å². The number of methoxy groups -OCH3 is 1. The minimum Gasteiger partial charge on any atom is -0.469 e. The third-order valence-corrected chi connectivity index (χ3v) is 3.26. The summed E-state index contributed by atoms with van der Waals surface area (Å²) in [7, 11) is 2.97. The highest BCUT2D eigenvalue weighted by molar-refractivity contribution is 6.39. The Morgan fingerprint density at radius 3 is 2.37 bits per heavy atom. The smallest absolute Gasteiger partial charge is 0.305 e. The summed E-state index contributed by atoms with van der Waals surface area (Å²) in [5.74, 6) is -0.558. The van der Waals surface area contributed by atoms with Crippen molar-refractivity contribution in [1.29, 1.82) is 0 Å². The number of ether oxygens (including phenoxy) is 1. The number of benzene rings is 1. The lowest BCUT2D eigenvalue weighted by Gasteiger charge is -2.18. The summed E-state index contributed by atoms with van der Waals surface area (Å²) in [6, 6.07) is 4.91. The zero-order chi connectivity index (χ0) is 14.4. The Labute approximate surface area is 122 Å². The van der Waals surface area contributed by atoms with Crippen molar-refractivity contribution in [1.82, 2.24) is 4.90 Å². The third kappa shape index (κ3) is 4.40. The van der Waals surface area contributed by atoms with Crippen LogP contribution in [0.25, 0.3) is 0 Å². The Morgan fingerprint density at radius 1 is 1.26 bits per heavy atom. The molecule has 1 rings (SSSR count). The Hall–Kier alpha value is -1.26. The molecule has 0 spiro atoms. The van der Waals surface area contributed by atoms with Crippen LogP contribution in [0.3, 0.4) is 0 Å². The van der Waals surface area contributed by atoms with Crippen molar-refractivity contribution in [2.24, 2.45) is 0 Å². The van der Waals surface area contributed by atoms with Gasteiger partial charge in [-0.2, -0.15) is 0 Å². The third-order valence-electron chi connectivity index (χ3n) is 2.63. The highest BCUT2D eigenvalue weighted by Gasteiger charge is 2.18. The maximum Gasteiger partial charge on any atom is 0.305 e. The van der Waals surface area contributed by atoms with Gasteiger partial charge in [-0.05, 0) is 18.6 Å². The van der Waals surface area contributed by atoms with E-state index >= 15 is 0 Å². The number of halogens is 2. The summed E-state index contributed by atoms with van der Waals surface area (Å²) in [5, 5.41) is 0.634. The van der Waals surface area contributed by atoms with Crippen molar-refractivity contribution in [3.05, 3.63) is 33.8 Å². The van der Waals surface area contributed by atoms with Gasteiger partial charge in [0.25, 0.3) is 5.91 Å². The van der Waals surface area contributed by atoms with Crippen LogP contribution in [0.1, 0.15) is 23.2 Å². The quantitative estimate of drug-likeness (QED) is 0.786. The van der Waals surface area contributed by atoms with Crippen LogP contribution in [0.4, 0.5) is 0 Å². The molecule has 104 valence electrons. The summed E-state index contributed by atoms with van der Waals surface area (Å²) in [5.41, 5.74) is 0.284. The van der Waals surface area contributed by atoms with Crippen LogP contribution in [0.2, 0.25) is 10.0 Å². The van der Waals surface area contributed by atoms with E-state index in [0.717, 1.165) is 0 Å². The second-order valence-electron chi connectivity index (χ2n) is 4.00. The van der Waals surface area contributed by atoms with Crippen LogP contribution in [0.5, 0.6) is 0 Å². The van der Waals surface area contributed by atoms with Crippen LogP contribution in [0.15, 0.2) is 18.2 Å². The molecular formula is C13H15Cl2NO3. The average Bonchev–Trinajstić information content (AvgIpc) is 2.37. The fourth-order valence-corrected chi connectivity index (χ4v) is 2.12. The lowest BCUT2D eigenvalue weighted by molar-refractivity contribution is -0.140. The monoisotopic (exact) mass is 303 g/mol. The van der Waals surface area contributed by atoms with Crippen molar-refractivity contribution >= 4 is 35.1 Å². The molecule has 0 bridgehead atoms. The van der Waals surface area contributed by atoms with E-state index in [9.17, 15) is 9.59 Å². The van der Waals surface area contributed by atoms with Gasteiger partial charge in [-0.15, -0.1) is 0 Å². The van der Waals surface area contributed by atoms with Crippen molar-refractivity contribution in [2.75, 3.05) is 20.7 Å². The van der Waals surface area contributed by atoms with Gasteiger partial charge in [0.05, 0.1) is 22.7 Å². The Kier molecular flexibility index (Phi) is 6.12. The molecule has 0 heterocycles. The van der Waals surface area contributed by atoms with Crippen molar-refractivity contribution in [3.63, 3.8) is 0 Å². The number of hydrogen-bond acceptors (Lipinski definition) is 3. The van der Waals surface area contributed by atoms with Gasteiger partial charge in [-0.25, -0.2) is 0 Å². The molecule has 1 aromatic rings. The predicted octanol–water partition coefficient (Wildman–Crippen LogP) is 3.02. The van der Waals surface area contributed by atoms with E-state index in [-0.39, 0.29) is 23.9 Å². The number of hydrogen-bond donors (Lipinski definition) is 0. The molecule has 0 radical (unpaired) electrons. The normalized spacial score (nSPS) is 10.1. The van der Waals surface area contributed by atoms with E-state index in [1.165, 1.54) is 12.0 Å². The first-order chi connectivity index (χ1) is 8.97. The SMILES string of the molecule is COC(=O)CCCN(C)C(=O)c1c(Cl)cccc1Cl. The van der Waals surface area contributed by atoms with E-state index in [2.05, 4.69) is 4.74 Å². The Bertz CT molecular complexity index is 457. The zero-order valence-electron chi connectivity index (χ0n) is 10.8. The number of carbonyl (C=O) groups excluding carboxylic acids is 2. The summed E-state index contributed by atoms with van der Waals surface area (Å²) in [6.07, 6.45) is 0.793. The lowest BCUT2D eigenvalue weighted by atomic mass is 10.2. The highest BCUT2D eigenvalue weighted by atomic mass is 35.5. The van der Waals surface area contributed by atoms with E-state index in [1.54, 1.807) is 25.2 Å². The lowest BCUT2D eigenvalue weighted by Crippen LogP contribution is -2.28. The first-order valence-corrected chi connectivity index (χ1v) is 6.49. The van der Waals surface area contributed by atoms with Gasteiger partial charge in [0.15, 0.2) is 0 Å². The molecule has 19 heavy (non-hydrogen) atoms. The van der Waals surface area contributed by atoms with Crippen molar-refractivity contribution < 1.29 is 14.3 Å². The largest absolute Gasteiger partial charge is 0.469 e. The van der Waals surface area contributed by atoms with Gasteiger partial charge < -0.3 is 9.64 Å². The van der Waals surface area contributed by atoms with Crippen molar-refractivity contribution in [2.45, 2.75) is 12.8 Å². The Morgan fingerprint density at radius 2 is 1.84 bits per heavy atom. The predicted molar refractivity (Wildman–Crippen MR) is 74.7 cm³/mol. The minimum absolute atomic E-state index is 0.263. The molecule has 0 N–H and O–H groups in total. The van der Waals surface area contributed by atoms with Gasteiger partial charge in [-0.1, -0.05) is 29.3 Å². The summed E-state index contributed by atoms with van der Waals surface area (Å²) in [4.78, 5) is 24.6. The minimum atomic E-state index is -0.295. The first-order valence-electron chi connectivity index (χ1n) is 5.73. The van der Waals surface area contributed by atoms with Crippen LogP contribution < -0.4 is 0 Å². The molecule has 0 atom stereocenters. The van der Waals surface area contributed by atoms with Gasteiger partial charge in [0.2, 0.25) is 0 Å². The molecule has 0 aliphatic heterocycles. The van der Waals surface area contributed by atoms with Gasteiger partial charge in [0.1, 0.15) is 0 Å². The summed E-state index contributed by atoms with van der Waals surface area (Å²) >= 11 is 11.9. The average molecular weight is 304 g/mol.